The van der Waals surface area contributed by atoms with Crippen molar-refractivity contribution in [1.82, 2.24) is 9.55 Å². The third kappa shape index (κ3) is 5.40. The fourth-order valence-electron chi connectivity index (χ4n) is 8.87. The zero-order chi connectivity index (χ0) is 36.4. The van der Waals surface area contributed by atoms with Gasteiger partial charge in [-0.25, -0.2) is 0 Å². The van der Waals surface area contributed by atoms with Gasteiger partial charge in [-0.1, -0.05) is 109 Å². The fraction of sp³-hybridized carbons (Fsp3) is 0.0800. The maximum atomic E-state index is 4.41. The monoisotopic (exact) mass is 796 g/mol. The zero-order valence-electron chi connectivity index (χ0n) is 30.8. The summed E-state index contributed by atoms with van der Waals surface area (Å²) in [4.78, 5) is 8.78. The quantitative estimate of drug-likeness (QED) is 0.131. The molecule has 5 heteroatoms. The summed E-state index contributed by atoms with van der Waals surface area (Å²) < 4.78 is 2.02. The van der Waals surface area contributed by atoms with Crippen LogP contribution in [0.3, 0.4) is 0 Å². The van der Waals surface area contributed by atoms with Gasteiger partial charge in [0.25, 0.3) is 0 Å². The summed E-state index contributed by atoms with van der Waals surface area (Å²) in [6.07, 6.45) is 2.01. The summed E-state index contributed by atoms with van der Waals surface area (Å²) in [5.41, 5.74) is 18.4. The van der Waals surface area contributed by atoms with Crippen LogP contribution in [0.2, 0.25) is 0 Å². The van der Waals surface area contributed by atoms with E-state index in [4.69, 9.17) is 0 Å². The van der Waals surface area contributed by atoms with Gasteiger partial charge in [0.05, 0.1) is 11.2 Å². The van der Waals surface area contributed by atoms with E-state index in [0.29, 0.717) is 0 Å². The summed E-state index contributed by atoms with van der Waals surface area (Å²) in [5.74, 6) is 0.970. The average Bonchev–Trinajstić information content (AvgIpc) is 3.94. The SMILES string of the molecule is CN1[CH-]N(c2[c-]cc(-c3ccc4c(c3)C3(c5ccccc5-c5ccccc53)c3ccccc3-4)cc2)c2ccccc21.Cc1cn(C)c(-c2[c-]cccc2)n1.[Rh+3]. The van der Waals surface area contributed by atoms with E-state index in [9.17, 15) is 0 Å². The van der Waals surface area contributed by atoms with Crippen LogP contribution in [-0.4, -0.2) is 16.6 Å². The van der Waals surface area contributed by atoms with Crippen molar-refractivity contribution < 1.29 is 19.5 Å². The number of nitrogens with zero attached hydrogens (tertiary/aromatic N) is 4. The molecule has 0 radical (unpaired) electrons. The van der Waals surface area contributed by atoms with Crippen LogP contribution in [0, 0.1) is 25.7 Å². The number of aromatic nitrogens is 2. The Morgan fingerprint density at radius 1 is 0.582 bits per heavy atom. The number of anilines is 3. The molecule has 2 heterocycles. The third-order valence-electron chi connectivity index (χ3n) is 11.1. The summed E-state index contributed by atoms with van der Waals surface area (Å²) in [5, 5.41) is 0. The summed E-state index contributed by atoms with van der Waals surface area (Å²) in [7, 11) is 4.08. The van der Waals surface area contributed by atoms with E-state index >= 15 is 0 Å². The Morgan fingerprint density at radius 2 is 1.16 bits per heavy atom. The van der Waals surface area contributed by atoms with Crippen LogP contribution < -0.4 is 9.80 Å². The predicted molar refractivity (Wildman–Crippen MR) is 221 cm³/mol. The molecule has 11 rings (SSSR count). The molecule has 0 unspecified atom stereocenters. The van der Waals surface area contributed by atoms with Crippen molar-refractivity contribution in [1.29, 1.82) is 0 Å². The fourth-order valence-corrected chi connectivity index (χ4v) is 8.87. The number of benzene rings is 7. The second-order valence-corrected chi connectivity index (χ2v) is 14.3. The Bertz CT molecular complexity index is 2630. The first-order chi connectivity index (χ1) is 26.5. The van der Waals surface area contributed by atoms with E-state index in [1.165, 1.54) is 67.0 Å². The molecule has 0 saturated heterocycles. The molecular formula is C50H37N4Rh. The van der Waals surface area contributed by atoms with Gasteiger partial charge in [-0.15, -0.1) is 53.2 Å². The molecule has 3 aliphatic rings. The number of hydrogen-bond acceptors (Lipinski definition) is 3. The van der Waals surface area contributed by atoms with Crippen molar-refractivity contribution in [2.45, 2.75) is 12.3 Å². The Morgan fingerprint density at radius 3 is 1.75 bits per heavy atom. The summed E-state index contributed by atoms with van der Waals surface area (Å²) in [6, 6.07) is 63.6. The Labute approximate surface area is 336 Å². The van der Waals surface area contributed by atoms with Crippen LogP contribution in [-0.2, 0) is 31.9 Å². The van der Waals surface area contributed by atoms with E-state index < -0.39 is 0 Å². The van der Waals surface area contributed by atoms with E-state index in [2.05, 4.69) is 174 Å². The van der Waals surface area contributed by atoms with Gasteiger partial charge in [-0.05, 0) is 70.6 Å². The molecular weight excluding hydrogens is 759 g/mol. The van der Waals surface area contributed by atoms with Gasteiger partial charge in [0.1, 0.15) is 0 Å². The molecule has 0 N–H and O–H groups in total. The van der Waals surface area contributed by atoms with Crippen molar-refractivity contribution >= 4 is 17.1 Å². The first kappa shape index (κ1) is 34.7. The molecule has 0 saturated carbocycles. The second kappa shape index (κ2) is 13.7. The van der Waals surface area contributed by atoms with Gasteiger partial charge in [0, 0.05) is 30.3 Å². The Balaban J connectivity index is 0.000000241. The molecule has 1 aromatic heterocycles. The van der Waals surface area contributed by atoms with Crippen molar-refractivity contribution in [3.63, 3.8) is 0 Å². The van der Waals surface area contributed by atoms with Gasteiger partial charge in [-0.2, -0.15) is 24.9 Å². The van der Waals surface area contributed by atoms with Crippen molar-refractivity contribution in [3.05, 3.63) is 211 Å². The van der Waals surface area contributed by atoms with E-state index in [1.807, 2.05) is 49.0 Å². The topological polar surface area (TPSA) is 24.3 Å². The van der Waals surface area contributed by atoms with Gasteiger partial charge < -0.3 is 14.4 Å². The molecule has 0 fully saturated rings. The minimum Gasteiger partial charge on any atom is -0.504 e. The average molecular weight is 797 g/mol. The van der Waals surface area contributed by atoms with Crippen LogP contribution in [0.4, 0.5) is 17.1 Å². The first-order valence-electron chi connectivity index (χ1n) is 18.4. The first-order valence-corrected chi connectivity index (χ1v) is 18.4. The van der Waals surface area contributed by atoms with Gasteiger partial charge in [0.2, 0.25) is 0 Å². The number of rotatable bonds is 3. The molecule has 2 aliphatic carbocycles. The summed E-state index contributed by atoms with van der Waals surface area (Å²) in [6.45, 7) is 4.12. The molecule has 55 heavy (non-hydrogen) atoms. The molecule has 8 aromatic rings. The molecule has 7 aromatic carbocycles. The molecule has 0 bridgehead atoms. The number of aryl methyl sites for hydroxylation is 2. The maximum absolute atomic E-state index is 4.41. The molecule has 266 valence electrons. The van der Waals surface area contributed by atoms with Gasteiger partial charge in [0.15, 0.2) is 0 Å². The molecule has 0 amide bonds. The number of para-hydroxylation sites is 2. The standard InChI is InChI=1S/C39H26N2.C11H11N2.Rh/c1-40-25-41(38-17-9-8-16-37(38)40)28-21-18-26(19-22-28)27-20-23-32-31-12-4-7-15-35(31)39(36(32)24-27)33-13-5-2-10-29(33)30-11-3-6-14-34(30)39;1-9-8-13(2)11(12-9)10-6-4-3-5-7-10;/h2-21,23-25H,1H3;3-6,8H,1-2H3;/q-2;-1;+3. The normalized spacial score (nSPS) is 13.6. The molecule has 4 nitrogen and oxygen atoms in total. The zero-order valence-corrected chi connectivity index (χ0v) is 32.4. The smallest absolute Gasteiger partial charge is 0.504 e. The largest absolute Gasteiger partial charge is 3.00 e. The molecule has 0 atom stereocenters. The van der Waals surface area contributed by atoms with Crippen LogP contribution >= 0.6 is 0 Å². The minimum atomic E-state index is -0.322. The Kier molecular flexibility index (Phi) is 8.63. The Hall–Kier alpha value is -6.03. The number of hydrogen-bond donors (Lipinski definition) is 0. The predicted octanol–water partition coefficient (Wildman–Crippen LogP) is 11.4. The van der Waals surface area contributed by atoms with E-state index in [-0.39, 0.29) is 24.9 Å². The molecule has 1 aliphatic heterocycles. The maximum Gasteiger partial charge on any atom is 3.00 e. The third-order valence-corrected chi connectivity index (χ3v) is 11.1. The summed E-state index contributed by atoms with van der Waals surface area (Å²) >= 11 is 0. The second-order valence-electron chi connectivity index (χ2n) is 14.3. The van der Waals surface area contributed by atoms with Crippen LogP contribution in [0.25, 0.3) is 44.8 Å². The van der Waals surface area contributed by atoms with Crippen molar-refractivity contribution in [3.8, 4) is 44.8 Å². The minimum absolute atomic E-state index is 0. The molecule has 1 spiro atoms. The van der Waals surface area contributed by atoms with Crippen molar-refractivity contribution in [2.75, 3.05) is 16.8 Å². The van der Waals surface area contributed by atoms with E-state index in [0.717, 1.165) is 22.8 Å². The van der Waals surface area contributed by atoms with E-state index in [1.54, 1.807) is 0 Å². The van der Waals surface area contributed by atoms with Gasteiger partial charge >= 0.3 is 19.5 Å². The van der Waals surface area contributed by atoms with Crippen LogP contribution in [0.5, 0.6) is 0 Å². The number of imidazole rings is 1. The van der Waals surface area contributed by atoms with Crippen LogP contribution in [0.15, 0.2) is 164 Å². The number of fused-ring (bicyclic) bond motifs is 11. The van der Waals surface area contributed by atoms with Crippen molar-refractivity contribution in [2.24, 2.45) is 7.05 Å². The van der Waals surface area contributed by atoms with Crippen LogP contribution in [0.1, 0.15) is 27.9 Å². The van der Waals surface area contributed by atoms with Gasteiger partial charge in [-0.3, -0.25) is 4.98 Å².